The van der Waals surface area contributed by atoms with Gasteiger partial charge < -0.3 is 10.5 Å². The fourth-order valence-electron chi connectivity index (χ4n) is 1.71. The molecule has 1 saturated carbocycles. The quantitative estimate of drug-likeness (QED) is 0.695. The number of Topliss-reactive ketones (excluding diaryl/α,β-unsaturated/α-hetero) is 1. The van der Waals surface area contributed by atoms with Crippen molar-refractivity contribution in [2.24, 2.45) is 11.7 Å². The molecule has 0 aromatic heterocycles. The Kier molecular flexibility index (Phi) is 3.50. The average Bonchev–Trinajstić information content (AvgIpc) is 2.47. The Morgan fingerprint density at radius 2 is 2.13 bits per heavy atom. The molecule has 0 bridgehead atoms. The van der Waals surface area contributed by atoms with Crippen LogP contribution in [0.1, 0.15) is 40.0 Å². The maximum atomic E-state index is 11.6. The fourth-order valence-corrected chi connectivity index (χ4v) is 1.71. The van der Waals surface area contributed by atoms with Gasteiger partial charge in [-0.05, 0) is 33.1 Å². The molecular formula is C11H19NO3. The van der Waals surface area contributed by atoms with Crippen LogP contribution < -0.4 is 5.73 Å². The second-order valence-electron chi connectivity index (χ2n) is 5.10. The number of nitrogens with two attached hydrogens (primary N) is 1. The highest BCUT2D eigenvalue weighted by molar-refractivity contribution is 5.83. The van der Waals surface area contributed by atoms with E-state index in [4.69, 9.17) is 10.5 Å². The normalized spacial score (nSPS) is 24.0. The minimum Gasteiger partial charge on any atom is -0.459 e. The number of carbonyl (C=O) groups is 2. The standard InChI is InChI=1S/C11H19NO3/c1-11(2,3)15-10(14)9(12)7-4-5-8(13)6-7/h7,9H,4-6,12H2,1-3H3. The summed E-state index contributed by atoms with van der Waals surface area (Å²) < 4.78 is 5.17. The summed E-state index contributed by atoms with van der Waals surface area (Å²) in [5.41, 5.74) is 5.25. The third-order valence-corrected chi connectivity index (χ3v) is 2.47. The van der Waals surface area contributed by atoms with E-state index in [2.05, 4.69) is 0 Å². The molecule has 0 heterocycles. The largest absolute Gasteiger partial charge is 0.459 e. The van der Waals surface area contributed by atoms with E-state index in [0.29, 0.717) is 19.3 Å². The predicted molar refractivity (Wildman–Crippen MR) is 56.2 cm³/mol. The first-order valence-corrected chi connectivity index (χ1v) is 5.30. The molecule has 0 amide bonds. The average molecular weight is 213 g/mol. The predicted octanol–water partition coefficient (Wildman–Crippen LogP) is 1.02. The van der Waals surface area contributed by atoms with Crippen LogP contribution in [0.15, 0.2) is 0 Å². The van der Waals surface area contributed by atoms with Crippen molar-refractivity contribution in [1.29, 1.82) is 0 Å². The Morgan fingerprint density at radius 1 is 1.53 bits per heavy atom. The molecule has 1 fully saturated rings. The van der Waals surface area contributed by atoms with Gasteiger partial charge in [0.15, 0.2) is 0 Å². The third kappa shape index (κ3) is 3.63. The maximum Gasteiger partial charge on any atom is 0.323 e. The first-order valence-electron chi connectivity index (χ1n) is 5.30. The van der Waals surface area contributed by atoms with Crippen molar-refractivity contribution < 1.29 is 14.3 Å². The lowest BCUT2D eigenvalue weighted by molar-refractivity contribution is -0.157. The van der Waals surface area contributed by atoms with Crippen LogP contribution in [0.4, 0.5) is 0 Å². The number of hydrogen-bond donors (Lipinski definition) is 1. The number of hydrogen-bond acceptors (Lipinski definition) is 4. The van der Waals surface area contributed by atoms with Crippen LogP contribution in [0.25, 0.3) is 0 Å². The molecule has 4 nitrogen and oxygen atoms in total. The minimum atomic E-state index is -0.657. The highest BCUT2D eigenvalue weighted by Crippen LogP contribution is 2.25. The van der Waals surface area contributed by atoms with Crippen molar-refractivity contribution >= 4 is 11.8 Å². The second-order valence-corrected chi connectivity index (χ2v) is 5.10. The topological polar surface area (TPSA) is 69.4 Å². The van der Waals surface area contributed by atoms with Gasteiger partial charge in [-0.2, -0.15) is 0 Å². The van der Waals surface area contributed by atoms with Gasteiger partial charge in [-0.25, -0.2) is 0 Å². The second kappa shape index (κ2) is 4.31. The lowest BCUT2D eigenvalue weighted by Crippen LogP contribution is -2.41. The summed E-state index contributed by atoms with van der Waals surface area (Å²) in [5, 5.41) is 0. The summed E-state index contributed by atoms with van der Waals surface area (Å²) in [6.45, 7) is 5.41. The Hall–Kier alpha value is -0.900. The number of carbonyl (C=O) groups excluding carboxylic acids is 2. The monoisotopic (exact) mass is 213 g/mol. The molecule has 4 heteroatoms. The number of rotatable bonds is 2. The van der Waals surface area contributed by atoms with E-state index in [0.717, 1.165) is 0 Å². The summed E-state index contributed by atoms with van der Waals surface area (Å²) in [4.78, 5) is 22.7. The van der Waals surface area contributed by atoms with E-state index in [-0.39, 0.29) is 11.7 Å². The van der Waals surface area contributed by atoms with E-state index in [1.165, 1.54) is 0 Å². The van der Waals surface area contributed by atoms with Crippen LogP contribution in [-0.4, -0.2) is 23.4 Å². The molecule has 0 saturated heterocycles. The summed E-state index contributed by atoms with van der Waals surface area (Å²) in [6, 6.07) is -0.657. The van der Waals surface area contributed by atoms with Crippen molar-refractivity contribution in [3.8, 4) is 0 Å². The van der Waals surface area contributed by atoms with Gasteiger partial charge in [-0.15, -0.1) is 0 Å². The molecule has 1 rings (SSSR count). The smallest absolute Gasteiger partial charge is 0.323 e. The first kappa shape index (κ1) is 12.2. The molecule has 0 spiro atoms. The maximum absolute atomic E-state index is 11.6. The van der Waals surface area contributed by atoms with Gasteiger partial charge in [0.1, 0.15) is 17.4 Å². The molecular weight excluding hydrogens is 194 g/mol. The Balaban J connectivity index is 2.50. The SMILES string of the molecule is CC(C)(C)OC(=O)C(N)C1CCC(=O)C1. The van der Waals surface area contributed by atoms with Crippen LogP contribution in [0.3, 0.4) is 0 Å². The van der Waals surface area contributed by atoms with E-state index in [9.17, 15) is 9.59 Å². The van der Waals surface area contributed by atoms with E-state index >= 15 is 0 Å². The summed E-state index contributed by atoms with van der Waals surface area (Å²) >= 11 is 0. The Morgan fingerprint density at radius 3 is 2.53 bits per heavy atom. The van der Waals surface area contributed by atoms with Crippen LogP contribution >= 0.6 is 0 Å². The third-order valence-electron chi connectivity index (χ3n) is 2.47. The van der Waals surface area contributed by atoms with Crippen molar-refractivity contribution in [2.45, 2.75) is 51.7 Å². The molecule has 0 aromatic rings. The van der Waals surface area contributed by atoms with Gasteiger partial charge in [0.25, 0.3) is 0 Å². The molecule has 0 aliphatic heterocycles. The lowest BCUT2D eigenvalue weighted by Gasteiger charge is -2.24. The van der Waals surface area contributed by atoms with Gasteiger partial charge in [-0.3, -0.25) is 9.59 Å². The first-order chi connectivity index (χ1) is 6.79. The Labute approximate surface area is 90.2 Å². The zero-order valence-corrected chi connectivity index (χ0v) is 9.58. The molecule has 2 N–H and O–H groups in total. The van der Waals surface area contributed by atoms with E-state index in [1.54, 1.807) is 20.8 Å². The summed E-state index contributed by atoms with van der Waals surface area (Å²) in [7, 11) is 0. The molecule has 2 atom stereocenters. The van der Waals surface area contributed by atoms with Crippen molar-refractivity contribution in [3.63, 3.8) is 0 Å². The number of esters is 1. The van der Waals surface area contributed by atoms with Gasteiger partial charge in [0.2, 0.25) is 0 Å². The van der Waals surface area contributed by atoms with Crippen molar-refractivity contribution in [1.82, 2.24) is 0 Å². The van der Waals surface area contributed by atoms with E-state index in [1.807, 2.05) is 0 Å². The molecule has 0 radical (unpaired) electrons. The number of ether oxygens (including phenoxy) is 1. The van der Waals surface area contributed by atoms with Gasteiger partial charge in [-0.1, -0.05) is 0 Å². The minimum absolute atomic E-state index is 0.0349. The highest BCUT2D eigenvalue weighted by Gasteiger charge is 2.33. The van der Waals surface area contributed by atoms with Crippen molar-refractivity contribution in [3.05, 3.63) is 0 Å². The highest BCUT2D eigenvalue weighted by atomic mass is 16.6. The molecule has 2 unspecified atom stereocenters. The van der Waals surface area contributed by atoms with Crippen LogP contribution in [0.2, 0.25) is 0 Å². The molecule has 1 aliphatic carbocycles. The van der Waals surface area contributed by atoms with E-state index < -0.39 is 17.6 Å². The molecule has 1 aliphatic rings. The zero-order chi connectivity index (χ0) is 11.6. The van der Waals surface area contributed by atoms with Crippen LogP contribution in [-0.2, 0) is 14.3 Å². The fraction of sp³-hybridized carbons (Fsp3) is 0.818. The number of ketones is 1. The summed E-state index contributed by atoms with van der Waals surface area (Å²) in [5.74, 6) is -0.242. The molecule has 0 aromatic carbocycles. The van der Waals surface area contributed by atoms with Crippen LogP contribution in [0.5, 0.6) is 0 Å². The van der Waals surface area contributed by atoms with Gasteiger partial charge >= 0.3 is 5.97 Å². The molecule has 15 heavy (non-hydrogen) atoms. The van der Waals surface area contributed by atoms with Crippen molar-refractivity contribution in [2.75, 3.05) is 0 Å². The van der Waals surface area contributed by atoms with Crippen LogP contribution in [0, 0.1) is 5.92 Å². The van der Waals surface area contributed by atoms with Gasteiger partial charge in [0, 0.05) is 12.8 Å². The van der Waals surface area contributed by atoms with Gasteiger partial charge in [0.05, 0.1) is 0 Å². The lowest BCUT2D eigenvalue weighted by atomic mass is 9.99. The molecule has 86 valence electrons. The zero-order valence-electron chi connectivity index (χ0n) is 9.58. The Bertz CT molecular complexity index is 267. The summed E-state index contributed by atoms with van der Waals surface area (Å²) in [6.07, 6.45) is 1.67.